The third-order valence-corrected chi connectivity index (χ3v) is 3.65. The second kappa shape index (κ2) is 6.12. The Morgan fingerprint density at radius 2 is 2.21 bits per heavy atom. The van der Waals surface area contributed by atoms with Gasteiger partial charge in [0.25, 0.3) is 4.84 Å². The molecule has 0 atom stereocenters. The summed E-state index contributed by atoms with van der Waals surface area (Å²) in [5.41, 5.74) is 1.54. The zero-order chi connectivity index (χ0) is 13.8. The molecule has 0 fully saturated rings. The average Bonchev–Trinajstić information content (AvgIpc) is 2.77. The van der Waals surface area contributed by atoms with E-state index in [1.807, 2.05) is 32.0 Å². The van der Waals surface area contributed by atoms with Crippen LogP contribution in [0.15, 0.2) is 27.5 Å². The standard InChI is InChI=1S/C12H15N3O2S2/c1-3-15(4-2)11(16)14-19-8-5-6-10-9(7-8)13-12(18)17-10/h5-7H,3-4H2,1-2H3,(H,13,18)(H,14,16). The van der Waals surface area contributed by atoms with Crippen LogP contribution < -0.4 is 4.72 Å². The monoisotopic (exact) mass is 297 g/mol. The van der Waals surface area contributed by atoms with E-state index < -0.39 is 0 Å². The zero-order valence-electron chi connectivity index (χ0n) is 10.7. The molecule has 102 valence electrons. The van der Waals surface area contributed by atoms with Crippen LogP contribution in [0.25, 0.3) is 11.1 Å². The highest BCUT2D eigenvalue weighted by Gasteiger charge is 2.09. The van der Waals surface area contributed by atoms with Gasteiger partial charge in [0.1, 0.15) is 0 Å². The van der Waals surface area contributed by atoms with Gasteiger partial charge >= 0.3 is 6.03 Å². The molecule has 0 saturated heterocycles. The van der Waals surface area contributed by atoms with Crippen molar-refractivity contribution in [1.29, 1.82) is 0 Å². The molecule has 0 saturated carbocycles. The molecule has 0 radical (unpaired) electrons. The molecule has 0 aliphatic carbocycles. The minimum Gasteiger partial charge on any atom is -0.429 e. The van der Waals surface area contributed by atoms with Crippen LogP contribution >= 0.6 is 24.2 Å². The van der Waals surface area contributed by atoms with Crippen LogP contribution in [0.1, 0.15) is 13.8 Å². The summed E-state index contributed by atoms with van der Waals surface area (Å²) in [6, 6.07) is 5.51. The maximum absolute atomic E-state index is 11.8. The summed E-state index contributed by atoms with van der Waals surface area (Å²) in [4.78, 5) is 17.7. The van der Waals surface area contributed by atoms with Crippen molar-refractivity contribution in [3.8, 4) is 0 Å². The van der Waals surface area contributed by atoms with E-state index in [1.54, 1.807) is 4.90 Å². The van der Waals surface area contributed by atoms with Crippen LogP contribution in [-0.4, -0.2) is 29.0 Å². The van der Waals surface area contributed by atoms with Gasteiger partial charge in [0, 0.05) is 18.0 Å². The molecule has 7 heteroatoms. The third kappa shape index (κ3) is 3.30. The van der Waals surface area contributed by atoms with Gasteiger partial charge in [-0.15, -0.1) is 0 Å². The lowest BCUT2D eigenvalue weighted by atomic mass is 10.3. The van der Waals surface area contributed by atoms with E-state index in [-0.39, 0.29) is 6.03 Å². The Balaban J connectivity index is 2.05. The first kappa shape index (κ1) is 14.0. The summed E-state index contributed by atoms with van der Waals surface area (Å²) in [6.07, 6.45) is 0. The van der Waals surface area contributed by atoms with Crippen molar-refractivity contribution in [2.45, 2.75) is 18.7 Å². The Kier molecular flexibility index (Phi) is 4.49. The maximum atomic E-state index is 11.8. The zero-order valence-corrected chi connectivity index (χ0v) is 12.4. The number of rotatable bonds is 4. The first-order valence-electron chi connectivity index (χ1n) is 5.98. The highest BCUT2D eigenvalue weighted by atomic mass is 32.2. The molecule has 2 amide bonds. The van der Waals surface area contributed by atoms with Gasteiger partial charge in [-0.25, -0.2) is 4.79 Å². The summed E-state index contributed by atoms with van der Waals surface area (Å²) in [5.74, 6) is 0. The van der Waals surface area contributed by atoms with Crippen molar-refractivity contribution in [3.05, 3.63) is 23.0 Å². The first-order valence-corrected chi connectivity index (χ1v) is 7.21. The molecule has 0 aliphatic heterocycles. The van der Waals surface area contributed by atoms with Crippen molar-refractivity contribution in [2.75, 3.05) is 13.1 Å². The number of carbonyl (C=O) groups is 1. The number of fused-ring (bicyclic) bond motifs is 1. The van der Waals surface area contributed by atoms with E-state index in [0.29, 0.717) is 23.5 Å². The van der Waals surface area contributed by atoms with E-state index in [0.717, 1.165) is 10.4 Å². The minimum absolute atomic E-state index is 0.0878. The lowest BCUT2D eigenvalue weighted by Crippen LogP contribution is -2.36. The largest absolute Gasteiger partial charge is 0.429 e. The second-order valence-corrected chi connectivity index (χ2v) is 5.10. The molecule has 0 bridgehead atoms. The lowest BCUT2D eigenvalue weighted by Gasteiger charge is -2.18. The quantitative estimate of drug-likeness (QED) is 0.669. The van der Waals surface area contributed by atoms with Crippen molar-refractivity contribution < 1.29 is 9.21 Å². The topological polar surface area (TPSA) is 61.3 Å². The molecule has 5 nitrogen and oxygen atoms in total. The number of hydrogen-bond acceptors (Lipinski definition) is 4. The molecule has 0 unspecified atom stereocenters. The second-order valence-electron chi connectivity index (χ2n) is 3.85. The van der Waals surface area contributed by atoms with E-state index in [9.17, 15) is 4.79 Å². The molecule has 0 aliphatic rings. The molecule has 19 heavy (non-hydrogen) atoms. The fourth-order valence-corrected chi connectivity index (χ4v) is 2.52. The maximum Gasteiger partial charge on any atom is 0.327 e. The van der Waals surface area contributed by atoms with Crippen LogP contribution in [0.5, 0.6) is 0 Å². The van der Waals surface area contributed by atoms with Gasteiger partial charge in [-0.3, -0.25) is 4.72 Å². The third-order valence-electron chi connectivity index (χ3n) is 2.70. The fourth-order valence-electron chi connectivity index (χ4n) is 1.67. The van der Waals surface area contributed by atoms with Crippen LogP contribution in [0.2, 0.25) is 0 Å². The molecular formula is C12H15N3O2S2. The molecule has 1 aromatic heterocycles. The number of nitrogens with zero attached hydrogens (tertiary/aromatic N) is 1. The number of urea groups is 1. The van der Waals surface area contributed by atoms with Crippen LogP contribution in [-0.2, 0) is 0 Å². The number of H-pyrrole nitrogens is 1. The highest BCUT2D eigenvalue weighted by Crippen LogP contribution is 2.21. The summed E-state index contributed by atoms with van der Waals surface area (Å²) in [7, 11) is 0. The number of oxazole rings is 1. The molecule has 2 N–H and O–H groups in total. The predicted octanol–water partition coefficient (Wildman–Crippen LogP) is 3.55. The summed E-state index contributed by atoms with van der Waals surface area (Å²) >= 11 is 6.20. The van der Waals surface area contributed by atoms with Gasteiger partial charge in [0.2, 0.25) is 0 Å². The summed E-state index contributed by atoms with van der Waals surface area (Å²) in [5, 5.41) is 0. The number of carbonyl (C=O) groups excluding carboxylic acids is 1. The van der Waals surface area contributed by atoms with Gasteiger partial charge in [0.15, 0.2) is 5.58 Å². The fraction of sp³-hybridized carbons (Fsp3) is 0.333. The summed E-state index contributed by atoms with van der Waals surface area (Å²) < 4.78 is 8.08. The molecule has 2 aromatic rings. The number of aromatic amines is 1. The minimum atomic E-state index is -0.0878. The van der Waals surface area contributed by atoms with E-state index >= 15 is 0 Å². The van der Waals surface area contributed by atoms with Gasteiger partial charge in [-0.2, -0.15) is 0 Å². The smallest absolute Gasteiger partial charge is 0.327 e. The molecular weight excluding hydrogens is 282 g/mol. The number of nitrogens with one attached hydrogen (secondary N) is 2. The SMILES string of the molecule is CCN(CC)C(=O)NSc1ccc2oc(=S)[nH]c2c1. The molecule has 1 heterocycles. The first-order chi connectivity index (χ1) is 9.13. The molecule has 2 rings (SSSR count). The van der Waals surface area contributed by atoms with Crippen LogP contribution in [0.3, 0.4) is 0 Å². The lowest BCUT2D eigenvalue weighted by molar-refractivity contribution is 0.210. The Bertz CT molecular complexity index is 631. The van der Waals surface area contributed by atoms with Gasteiger partial charge < -0.3 is 14.3 Å². The predicted molar refractivity (Wildman–Crippen MR) is 78.7 cm³/mol. The Hall–Kier alpha value is -1.47. The number of amides is 2. The van der Waals surface area contributed by atoms with Crippen molar-refractivity contribution in [1.82, 2.24) is 14.6 Å². The van der Waals surface area contributed by atoms with Gasteiger partial charge in [-0.1, -0.05) is 0 Å². The van der Waals surface area contributed by atoms with E-state index in [1.165, 1.54) is 11.9 Å². The van der Waals surface area contributed by atoms with E-state index in [2.05, 4.69) is 9.71 Å². The van der Waals surface area contributed by atoms with Gasteiger partial charge in [-0.05, 0) is 56.2 Å². The molecule has 1 aromatic carbocycles. The Morgan fingerprint density at radius 1 is 1.47 bits per heavy atom. The number of aromatic nitrogens is 1. The van der Waals surface area contributed by atoms with Crippen LogP contribution in [0, 0.1) is 4.84 Å². The Labute approximate surface area is 120 Å². The number of benzene rings is 1. The van der Waals surface area contributed by atoms with Crippen molar-refractivity contribution in [2.24, 2.45) is 0 Å². The van der Waals surface area contributed by atoms with Crippen LogP contribution in [0.4, 0.5) is 4.79 Å². The van der Waals surface area contributed by atoms with Crippen molar-refractivity contribution >= 4 is 41.3 Å². The van der Waals surface area contributed by atoms with E-state index in [4.69, 9.17) is 16.6 Å². The highest BCUT2D eigenvalue weighted by molar-refractivity contribution is 7.98. The normalized spacial score (nSPS) is 10.6. The summed E-state index contributed by atoms with van der Waals surface area (Å²) in [6.45, 7) is 5.28. The average molecular weight is 297 g/mol. The number of hydrogen-bond donors (Lipinski definition) is 2. The van der Waals surface area contributed by atoms with Crippen molar-refractivity contribution in [3.63, 3.8) is 0 Å². The Morgan fingerprint density at radius 3 is 2.89 bits per heavy atom. The molecule has 0 spiro atoms. The van der Waals surface area contributed by atoms with Gasteiger partial charge in [0.05, 0.1) is 5.52 Å².